The Morgan fingerprint density at radius 2 is 0.758 bits per heavy atom. The highest BCUT2D eigenvalue weighted by Gasteiger charge is 2.43. The van der Waals surface area contributed by atoms with E-state index in [-0.39, 0.29) is 97.4 Å². The lowest BCUT2D eigenvalue weighted by molar-refractivity contribution is -0.328. The quantitative estimate of drug-likeness (QED) is 0.0800. The molecule has 0 spiro atoms. The second-order valence-electron chi connectivity index (χ2n) is 26.9. The van der Waals surface area contributed by atoms with Crippen molar-refractivity contribution in [3.05, 3.63) is 85.1 Å². The predicted octanol–water partition coefficient (Wildman–Crippen LogP) is 10.6. The Kier molecular flexibility index (Phi) is 26.0. The minimum absolute atomic E-state index is 0.00633. The molecule has 0 aromatic rings. The van der Waals surface area contributed by atoms with Crippen molar-refractivity contribution in [2.75, 3.05) is 67.1 Å². The zero-order chi connectivity index (χ0) is 64.7. The maximum Gasteiger partial charge on any atom is 0.522 e. The van der Waals surface area contributed by atoms with Gasteiger partial charge in [-0.25, -0.2) is 4.79 Å². The number of carbonyl (C=O) groups is 4. The van der Waals surface area contributed by atoms with E-state index in [1.807, 2.05) is 39.8 Å². The number of methoxy groups -OCH3 is 2. The Bertz CT molecular complexity index is 2570. The third kappa shape index (κ3) is 21.1. The first-order chi connectivity index (χ1) is 43.7. The minimum Gasteiger partial charge on any atom is -0.465 e. The molecule has 0 aromatic carbocycles. The summed E-state index contributed by atoms with van der Waals surface area (Å²) >= 11 is 0. The lowest BCUT2D eigenvalue weighted by atomic mass is 9.89. The second-order valence-corrected chi connectivity index (χ2v) is 26.9. The number of ether oxygens (including phenoxy) is 15. The fraction of sp³-hybridized carbons (Fsp3) is 0.739. The van der Waals surface area contributed by atoms with E-state index in [0.717, 1.165) is 71.2 Å². The van der Waals surface area contributed by atoms with E-state index in [2.05, 4.69) is 76.3 Å². The first kappa shape index (κ1) is 70.6. The van der Waals surface area contributed by atoms with Crippen LogP contribution in [0.25, 0.3) is 0 Å². The molecule has 0 radical (unpaired) electrons. The normalized spacial score (nSPS) is 37.1. The highest BCUT2D eigenvalue weighted by Crippen LogP contribution is 2.40. The molecule has 0 aromatic heterocycles. The van der Waals surface area contributed by atoms with Crippen LogP contribution in [0.1, 0.15) is 112 Å². The molecule has 14 heterocycles. The molecule has 15 rings (SSSR count). The zero-order valence-corrected chi connectivity index (χ0v) is 53.8. The number of hydrogen-bond donors (Lipinski definition) is 0. The SMILES string of the molecule is CC(=O)OCC1CC2C=CC1O2.CC(C)(C)C(=O)OCC1CC2C=CC1O2.CCOCC1CC2C=CC1O2.COC(=O)OCC1CC2C=CC1O2.COCC1CC2C=CC1O2.FC(F)(F)OCC1CC2C=CC1O2.O=C(OCC1CC2C=CC1O2)C1CCCCC1. The average molecular weight is 1290 g/mol. The molecular formula is C69H97F3O19. The Labute approximate surface area is 534 Å². The van der Waals surface area contributed by atoms with Gasteiger partial charge >= 0.3 is 30.4 Å². The number of esters is 3. The standard InChI is InChI=1S/C14H20O3.C12H18O3.C9H12O4.C9H12O3.C9H14O2.C8H9F3O2.C8H12O2/c15-14(10-4-2-1-3-5-10)16-9-11-8-12-6-7-13(11)17-12;1-12(2,3)11(13)14-7-8-6-9-4-5-10(8)15-9;1-11-9(10)12-5-6-4-7-2-3-8(6)13-7;1-6(10)11-5-7-4-8-2-3-9(7)12-8;1-2-10-6-7-5-8-3-4-9(7)11-8;9-8(10,11)12-4-5-3-6-1-2-7(5)13-6;1-9-5-6-4-7-2-3-8(6)10-7/h6-7,10-13H,1-5,8-9H2;4-5,8-10H,6-7H2,1-3H3;2-3,6-8H,4-5H2,1H3;2-3,7-9H,4-5H2,1H3;3-4,7-9H,2,5-6H2,1H3;1-2,5-7H,3-4H2;2-3,6-8H,4-5H2,1H3. The van der Waals surface area contributed by atoms with Crippen molar-refractivity contribution in [2.45, 2.75) is 203 Å². The number of fused-ring (bicyclic) bond motifs is 14. The van der Waals surface area contributed by atoms with Gasteiger partial charge in [0.05, 0.1) is 144 Å². The summed E-state index contributed by atoms with van der Waals surface area (Å²) in [6.07, 6.45) is 39.4. The summed E-state index contributed by atoms with van der Waals surface area (Å²) in [4.78, 5) is 44.6. The smallest absolute Gasteiger partial charge is 0.465 e. The molecular weight excluding hydrogens is 1190 g/mol. The van der Waals surface area contributed by atoms with E-state index in [9.17, 15) is 32.3 Å². The number of carbonyl (C=O) groups excluding carboxylic acids is 4. The van der Waals surface area contributed by atoms with Gasteiger partial charge in [-0.05, 0) is 85.5 Å². The molecule has 14 aliphatic heterocycles. The molecule has 1 saturated carbocycles. The van der Waals surface area contributed by atoms with Crippen molar-refractivity contribution in [1.82, 2.24) is 0 Å². The van der Waals surface area contributed by atoms with Crippen LogP contribution in [0.3, 0.4) is 0 Å². The summed E-state index contributed by atoms with van der Waals surface area (Å²) in [5.41, 5.74) is -0.408. The molecule has 15 aliphatic rings. The molecule has 21 atom stereocenters. The predicted molar refractivity (Wildman–Crippen MR) is 325 cm³/mol. The minimum atomic E-state index is -4.52. The Morgan fingerprint density at radius 3 is 1.05 bits per heavy atom. The van der Waals surface area contributed by atoms with Gasteiger partial charge in [0.1, 0.15) is 6.61 Å². The molecule has 91 heavy (non-hydrogen) atoms. The Morgan fingerprint density at radius 1 is 0.429 bits per heavy atom. The van der Waals surface area contributed by atoms with Crippen LogP contribution in [-0.2, 0) is 85.4 Å². The molecule has 21 unspecified atom stereocenters. The van der Waals surface area contributed by atoms with E-state index in [1.54, 1.807) is 13.2 Å². The van der Waals surface area contributed by atoms with Gasteiger partial charge in [0.25, 0.3) is 0 Å². The van der Waals surface area contributed by atoms with Crippen molar-refractivity contribution in [1.29, 1.82) is 0 Å². The van der Waals surface area contributed by atoms with Crippen LogP contribution in [0.5, 0.6) is 0 Å². The first-order valence-electron chi connectivity index (χ1n) is 33.0. The van der Waals surface area contributed by atoms with Crippen LogP contribution < -0.4 is 0 Å². The fourth-order valence-corrected chi connectivity index (χ4v) is 13.9. The van der Waals surface area contributed by atoms with Crippen molar-refractivity contribution in [3.8, 4) is 0 Å². The monoisotopic (exact) mass is 1290 g/mol. The van der Waals surface area contributed by atoms with Crippen LogP contribution in [0.15, 0.2) is 85.1 Å². The van der Waals surface area contributed by atoms with Gasteiger partial charge < -0.3 is 66.3 Å². The fourth-order valence-electron chi connectivity index (χ4n) is 13.9. The number of halogens is 3. The summed E-state index contributed by atoms with van der Waals surface area (Å²) < 4.78 is 113. The Hall–Kier alpha value is -4.75. The third-order valence-corrected chi connectivity index (χ3v) is 18.8. The van der Waals surface area contributed by atoms with E-state index >= 15 is 0 Å². The average Bonchev–Trinajstić information content (AvgIpc) is 3.65. The van der Waals surface area contributed by atoms with Gasteiger partial charge in [-0.1, -0.05) is 104 Å². The summed E-state index contributed by atoms with van der Waals surface area (Å²) in [5.74, 6) is 2.36. The maximum atomic E-state index is 11.9. The molecule has 14 bridgehead atoms. The zero-order valence-electron chi connectivity index (χ0n) is 53.8. The molecule has 8 fully saturated rings. The Balaban J connectivity index is 0.000000126. The van der Waals surface area contributed by atoms with E-state index in [1.165, 1.54) is 33.3 Å². The van der Waals surface area contributed by atoms with Crippen LogP contribution in [0.2, 0.25) is 0 Å². The van der Waals surface area contributed by atoms with Crippen LogP contribution in [0, 0.1) is 52.8 Å². The van der Waals surface area contributed by atoms with E-state index < -0.39 is 17.9 Å². The number of alkyl halides is 3. The summed E-state index contributed by atoms with van der Waals surface area (Å²) in [6.45, 7) is 13.2. The van der Waals surface area contributed by atoms with Gasteiger partial charge in [-0.2, -0.15) is 0 Å². The van der Waals surface area contributed by atoms with E-state index in [4.69, 9.17) is 61.6 Å². The first-order valence-corrected chi connectivity index (χ1v) is 33.0. The molecule has 1 aliphatic carbocycles. The largest absolute Gasteiger partial charge is 0.522 e. The molecule has 508 valence electrons. The van der Waals surface area contributed by atoms with Crippen molar-refractivity contribution in [2.24, 2.45) is 52.8 Å². The highest BCUT2D eigenvalue weighted by molar-refractivity contribution is 5.75. The van der Waals surface area contributed by atoms with Crippen LogP contribution >= 0.6 is 0 Å². The molecule has 19 nitrogen and oxygen atoms in total. The van der Waals surface area contributed by atoms with Gasteiger partial charge in [-0.15, -0.1) is 13.2 Å². The van der Waals surface area contributed by atoms with Gasteiger partial charge in [0.2, 0.25) is 0 Å². The summed E-state index contributed by atoms with van der Waals surface area (Å²) in [6, 6.07) is 0. The molecule has 7 saturated heterocycles. The topological polar surface area (TPSA) is 207 Å². The van der Waals surface area contributed by atoms with Gasteiger partial charge in [0, 0.05) is 62.1 Å². The molecule has 22 heteroatoms. The molecule has 0 N–H and O–H groups in total. The molecule has 0 amide bonds. The highest BCUT2D eigenvalue weighted by atomic mass is 19.4. The second kappa shape index (κ2) is 33.6. The number of hydrogen-bond acceptors (Lipinski definition) is 19. The van der Waals surface area contributed by atoms with Crippen molar-refractivity contribution < 1.29 is 103 Å². The van der Waals surface area contributed by atoms with Crippen molar-refractivity contribution >= 4 is 24.1 Å². The van der Waals surface area contributed by atoms with Gasteiger partial charge in [0.15, 0.2) is 0 Å². The lowest BCUT2D eigenvalue weighted by Gasteiger charge is -2.22. The lowest BCUT2D eigenvalue weighted by Crippen LogP contribution is -2.27. The van der Waals surface area contributed by atoms with E-state index in [0.29, 0.717) is 92.8 Å². The van der Waals surface area contributed by atoms with Gasteiger partial charge in [-0.3, -0.25) is 19.1 Å². The van der Waals surface area contributed by atoms with Crippen LogP contribution in [-0.4, -0.2) is 183 Å². The van der Waals surface area contributed by atoms with Crippen molar-refractivity contribution in [3.63, 3.8) is 0 Å². The summed E-state index contributed by atoms with van der Waals surface area (Å²) in [7, 11) is 3.05. The van der Waals surface area contributed by atoms with Crippen LogP contribution in [0.4, 0.5) is 18.0 Å². The maximum absolute atomic E-state index is 11.9. The summed E-state index contributed by atoms with van der Waals surface area (Å²) in [5, 5.41) is 0. The number of rotatable bonds is 16. The third-order valence-electron chi connectivity index (χ3n) is 18.8.